The number of halogens is 3. The van der Waals surface area contributed by atoms with E-state index in [4.69, 9.17) is 4.52 Å². The van der Waals surface area contributed by atoms with Gasteiger partial charge in [0.1, 0.15) is 10.6 Å². The number of amides is 1. The van der Waals surface area contributed by atoms with Gasteiger partial charge in [0.25, 0.3) is 11.8 Å². The van der Waals surface area contributed by atoms with E-state index in [0.717, 1.165) is 25.0 Å². The highest BCUT2D eigenvalue weighted by molar-refractivity contribution is 7.14. The molecule has 4 rings (SSSR count). The van der Waals surface area contributed by atoms with Crippen LogP contribution >= 0.6 is 11.3 Å². The van der Waals surface area contributed by atoms with Crippen LogP contribution in [0.2, 0.25) is 0 Å². The largest absolute Gasteiger partial charge is 0.573 e. The van der Waals surface area contributed by atoms with Crippen molar-refractivity contribution in [3.05, 3.63) is 47.1 Å². The zero-order chi connectivity index (χ0) is 19.0. The van der Waals surface area contributed by atoms with Crippen molar-refractivity contribution >= 4 is 22.9 Å². The molecule has 1 fully saturated rings. The van der Waals surface area contributed by atoms with Crippen molar-refractivity contribution in [3.8, 4) is 16.5 Å². The van der Waals surface area contributed by atoms with E-state index < -0.39 is 18.0 Å². The second-order valence-electron chi connectivity index (χ2n) is 5.93. The molecule has 1 aliphatic rings. The van der Waals surface area contributed by atoms with Crippen LogP contribution < -0.4 is 10.1 Å². The second kappa shape index (κ2) is 6.69. The number of carbonyl (C=O) groups excluding carboxylic acids is 1. The van der Waals surface area contributed by atoms with Gasteiger partial charge in [-0.05, 0) is 42.5 Å². The normalized spacial score (nSPS) is 14.2. The number of alkyl halides is 3. The molecule has 0 atom stereocenters. The third-order valence-corrected chi connectivity index (χ3v) is 4.72. The number of carbonyl (C=O) groups is 1. The van der Waals surface area contributed by atoms with Crippen LogP contribution in [0, 0.1) is 0 Å². The Morgan fingerprint density at radius 1 is 1.30 bits per heavy atom. The van der Waals surface area contributed by atoms with Crippen LogP contribution in [0.25, 0.3) is 10.8 Å². The van der Waals surface area contributed by atoms with Gasteiger partial charge in [0.2, 0.25) is 0 Å². The van der Waals surface area contributed by atoms with Crippen LogP contribution in [0.4, 0.5) is 18.9 Å². The Morgan fingerprint density at radius 2 is 2.11 bits per heavy atom. The Balaban J connectivity index is 1.52. The lowest BCUT2D eigenvalue weighted by Crippen LogP contribution is -2.18. The summed E-state index contributed by atoms with van der Waals surface area (Å²) in [4.78, 5) is 17.4. The summed E-state index contributed by atoms with van der Waals surface area (Å²) in [7, 11) is 0. The quantitative estimate of drug-likeness (QED) is 0.670. The Morgan fingerprint density at radius 3 is 2.85 bits per heavy atom. The van der Waals surface area contributed by atoms with E-state index in [-0.39, 0.29) is 5.56 Å². The highest BCUT2D eigenvalue weighted by Crippen LogP contribution is 2.40. The molecule has 1 aliphatic carbocycles. The molecule has 10 heteroatoms. The Labute approximate surface area is 155 Å². The molecule has 2 aromatic heterocycles. The van der Waals surface area contributed by atoms with Gasteiger partial charge in [-0.15, -0.1) is 24.5 Å². The molecular formula is C17H12F3N3O3S. The standard InChI is InChI=1S/C17H12F3N3O3S/c18-17(19,20)25-11-3-1-2-10(8-11)15(24)21-12-6-7-27-13(12)16-22-14(23-26-16)9-4-5-9/h1-3,6-9H,4-5H2,(H,21,24). The maximum atomic E-state index is 12.4. The lowest BCUT2D eigenvalue weighted by atomic mass is 10.2. The van der Waals surface area contributed by atoms with E-state index in [1.807, 2.05) is 0 Å². The summed E-state index contributed by atoms with van der Waals surface area (Å²) < 4.78 is 46.1. The summed E-state index contributed by atoms with van der Waals surface area (Å²) >= 11 is 1.31. The van der Waals surface area contributed by atoms with Crippen molar-refractivity contribution < 1.29 is 27.2 Å². The van der Waals surface area contributed by atoms with Crippen LogP contribution in [0.3, 0.4) is 0 Å². The molecule has 0 aliphatic heterocycles. The summed E-state index contributed by atoms with van der Waals surface area (Å²) in [6.07, 6.45) is -2.76. The molecule has 0 unspecified atom stereocenters. The molecule has 1 N–H and O–H groups in total. The maximum absolute atomic E-state index is 12.4. The van der Waals surface area contributed by atoms with Crippen molar-refractivity contribution in [1.29, 1.82) is 0 Å². The number of rotatable bonds is 5. The molecule has 0 bridgehead atoms. The van der Waals surface area contributed by atoms with Gasteiger partial charge < -0.3 is 14.6 Å². The molecule has 6 nitrogen and oxygen atoms in total. The van der Waals surface area contributed by atoms with Crippen LogP contribution in [-0.2, 0) is 0 Å². The lowest BCUT2D eigenvalue weighted by Gasteiger charge is -2.10. The van der Waals surface area contributed by atoms with Crippen LogP contribution in [0.5, 0.6) is 5.75 Å². The third kappa shape index (κ3) is 4.11. The zero-order valence-corrected chi connectivity index (χ0v) is 14.4. The van der Waals surface area contributed by atoms with Crippen molar-refractivity contribution in [2.24, 2.45) is 0 Å². The van der Waals surface area contributed by atoms with Gasteiger partial charge in [0.15, 0.2) is 5.82 Å². The molecule has 1 aromatic carbocycles. The Bertz CT molecular complexity index is 979. The third-order valence-electron chi connectivity index (χ3n) is 3.82. The summed E-state index contributed by atoms with van der Waals surface area (Å²) in [6, 6.07) is 6.51. The van der Waals surface area contributed by atoms with Gasteiger partial charge >= 0.3 is 6.36 Å². The van der Waals surface area contributed by atoms with E-state index in [0.29, 0.717) is 28.2 Å². The second-order valence-corrected chi connectivity index (χ2v) is 6.84. The summed E-state index contributed by atoms with van der Waals surface area (Å²) in [5.74, 6) is 0.233. The molecule has 3 aromatic rings. The van der Waals surface area contributed by atoms with Gasteiger partial charge in [-0.2, -0.15) is 4.98 Å². The SMILES string of the molecule is O=C(Nc1ccsc1-c1nc(C2CC2)no1)c1cccc(OC(F)(F)F)c1. The summed E-state index contributed by atoms with van der Waals surface area (Å²) in [6.45, 7) is 0. The first-order chi connectivity index (χ1) is 12.9. The van der Waals surface area contributed by atoms with Crippen molar-refractivity contribution in [3.63, 3.8) is 0 Å². The first kappa shape index (κ1) is 17.5. The number of ether oxygens (including phenoxy) is 1. The van der Waals surface area contributed by atoms with Gasteiger partial charge in [0.05, 0.1) is 5.69 Å². The fourth-order valence-corrected chi connectivity index (χ4v) is 3.21. The Hall–Kier alpha value is -2.88. The first-order valence-electron chi connectivity index (χ1n) is 7.98. The maximum Gasteiger partial charge on any atom is 0.573 e. The minimum Gasteiger partial charge on any atom is -0.406 e. The number of nitrogens with one attached hydrogen (secondary N) is 1. The zero-order valence-electron chi connectivity index (χ0n) is 13.6. The number of hydrogen-bond donors (Lipinski definition) is 1. The van der Waals surface area contributed by atoms with E-state index in [9.17, 15) is 18.0 Å². The first-order valence-corrected chi connectivity index (χ1v) is 8.85. The molecule has 27 heavy (non-hydrogen) atoms. The average Bonchev–Trinajstić information content (AvgIpc) is 3.15. The molecule has 1 saturated carbocycles. The molecule has 140 valence electrons. The molecule has 2 heterocycles. The number of aromatic nitrogens is 2. The van der Waals surface area contributed by atoms with Crippen LogP contribution in [-0.4, -0.2) is 22.4 Å². The predicted octanol–water partition coefficient (Wildman–Crippen LogP) is 4.83. The molecule has 0 spiro atoms. The number of benzene rings is 1. The minimum atomic E-state index is -4.83. The highest BCUT2D eigenvalue weighted by atomic mass is 32.1. The average molecular weight is 395 g/mol. The van der Waals surface area contributed by atoms with E-state index in [1.165, 1.54) is 23.5 Å². The fraction of sp³-hybridized carbons (Fsp3) is 0.235. The lowest BCUT2D eigenvalue weighted by molar-refractivity contribution is -0.274. The van der Waals surface area contributed by atoms with Crippen molar-refractivity contribution in [2.45, 2.75) is 25.1 Å². The van der Waals surface area contributed by atoms with E-state index in [2.05, 4.69) is 20.2 Å². The van der Waals surface area contributed by atoms with Gasteiger partial charge in [-0.3, -0.25) is 4.79 Å². The number of hydrogen-bond acceptors (Lipinski definition) is 6. The van der Waals surface area contributed by atoms with Crippen molar-refractivity contribution in [1.82, 2.24) is 10.1 Å². The molecule has 0 saturated heterocycles. The highest BCUT2D eigenvalue weighted by Gasteiger charge is 2.31. The van der Waals surface area contributed by atoms with Crippen LogP contribution in [0.1, 0.15) is 34.9 Å². The summed E-state index contributed by atoms with van der Waals surface area (Å²) in [5, 5.41) is 8.34. The Kier molecular flexibility index (Phi) is 4.34. The monoisotopic (exact) mass is 395 g/mol. The van der Waals surface area contributed by atoms with Gasteiger partial charge in [-0.1, -0.05) is 11.2 Å². The minimum absolute atomic E-state index is 0.0260. The smallest absolute Gasteiger partial charge is 0.406 e. The van der Waals surface area contributed by atoms with Crippen LogP contribution in [0.15, 0.2) is 40.2 Å². The number of nitrogens with zero attached hydrogens (tertiary/aromatic N) is 2. The van der Waals surface area contributed by atoms with Crippen molar-refractivity contribution in [2.75, 3.05) is 5.32 Å². The summed E-state index contributed by atoms with van der Waals surface area (Å²) in [5.41, 5.74) is 0.469. The fourth-order valence-electron chi connectivity index (χ4n) is 2.44. The molecule has 0 radical (unpaired) electrons. The predicted molar refractivity (Wildman–Crippen MR) is 90.7 cm³/mol. The van der Waals surface area contributed by atoms with E-state index in [1.54, 1.807) is 11.4 Å². The van der Waals surface area contributed by atoms with Gasteiger partial charge in [0, 0.05) is 11.5 Å². The topological polar surface area (TPSA) is 77.3 Å². The van der Waals surface area contributed by atoms with E-state index >= 15 is 0 Å². The number of thiophene rings is 1. The number of anilines is 1. The van der Waals surface area contributed by atoms with Gasteiger partial charge in [-0.25, -0.2) is 0 Å². The molecular weight excluding hydrogens is 383 g/mol. The molecule has 1 amide bonds.